The first-order valence-corrected chi connectivity index (χ1v) is 5.70. The van der Waals surface area contributed by atoms with Gasteiger partial charge in [-0.3, -0.25) is 4.79 Å². The Morgan fingerprint density at radius 2 is 1.93 bits per heavy atom. The number of hydrogen-bond acceptors (Lipinski definition) is 4. The van der Waals surface area contributed by atoms with E-state index in [9.17, 15) is 13.2 Å². The summed E-state index contributed by atoms with van der Waals surface area (Å²) in [5.41, 5.74) is 0. The fourth-order valence-corrected chi connectivity index (χ4v) is 1.92. The van der Waals surface area contributed by atoms with E-state index in [1.807, 2.05) is 0 Å². The van der Waals surface area contributed by atoms with Crippen LogP contribution < -0.4 is 4.72 Å². The molecular weight excluding hydrogens is 210 g/mol. The van der Waals surface area contributed by atoms with Gasteiger partial charge in [-0.25, -0.2) is 13.1 Å². The number of sulfonamides is 1. The van der Waals surface area contributed by atoms with Crippen molar-refractivity contribution in [1.82, 2.24) is 4.72 Å². The number of aliphatic hydroxyl groups excluding tert-OH is 1. The summed E-state index contributed by atoms with van der Waals surface area (Å²) in [7, 11) is -3.84. The molecule has 0 aromatic carbocycles. The lowest BCUT2D eigenvalue weighted by Gasteiger charge is -2.15. The van der Waals surface area contributed by atoms with Crippen LogP contribution in [-0.2, 0) is 14.8 Å². The van der Waals surface area contributed by atoms with E-state index < -0.39 is 27.3 Å². The first kappa shape index (κ1) is 13.3. The highest BCUT2D eigenvalue weighted by Crippen LogP contribution is 2.01. The average Bonchev–Trinajstić information content (AvgIpc) is 2.02. The number of carboxylic acid groups (broad SMARTS) is 1. The van der Waals surface area contributed by atoms with Crippen LogP contribution in [0.5, 0.6) is 0 Å². The SMILES string of the molecule is CC(CCO)NS(=O)(=O)C(C)C(=O)O. The zero-order chi connectivity index (χ0) is 11.4. The predicted octanol–water partition coefficient (Wildman–Crippen LogP) is -0.850. The van der Waals surface area contributed by atoms with Crippen LogP contribution >= 0.6 is 0 Å². The molecule has 0 saturated heterocycles. The van der Waals surface area contributed by atoms with E-state index in [1.54, 1.807) is 6.92 Å². The molecule has 14 heavy (non-hydrogen) atoms. The van der Waals surface area contributed by atoms with E-state index in [0.717, 1.165) is 6.92 Å². The summed E-state index contributed by atoms with van der Waals surface area (Å²) >= 11 is 0. The standard InChI is InChI=1S/C7H15NO5S/c1-5(3-4-9)8-14(12,13)6(2)7(10)11/h5-6,8-9H,3-4H2,1-2H3,(H,10,11). The van der Waals surface area contributed by atoms with Crippen LogP contribution in [0.3, 0.4) is 0 Å². The maximum Gasteiger partial charge on any atom is 0.323 e. The van der Waals surface area contributed by atoms with Crippen LogP contribution in [0.25, 0.3) is 0 Å². The van der Waals surface area contributed by atoms with Crippen molar-refractivity contribution in [1.29, 1.82) is 0 Å². The molecule has 0 fully saturated rings. The number of aliphatic hydroxyl groups is 1. The third-order valence-electron chi connectivity index (χ3n) is 1.74. The van der Waals surface area contributed by atoms with Crippen LogP contribution in [0.1, 0.15) is 20.3 Å². The lowest BCUT2D eigenvalue weighted by molar-refractivity contribution is -0.136. The quantitative estimate of drug-likeness (QED) is 0.546. The molecule has 0 amide bonds. The number of aliphatic carboxylic acids is 1. The van der Waals surface area contributed by atoms with Crippen molar-refractivity contribution in [2.24, 2.45) is 0 Å². The van der Waals surface area contributed by atoms with E-state index in [-0.39, 0.29) is 13.0 Å². The molecule has 0 rings (SSSR count). The normalized spacial score (nSPS) is 16.2. The number of carbonyl (C=O) groups is 1. The summed E-state index contributed by atoms with van der Waals surface area (Å²) in [5, 5.41) is 15.5. The fourth-order valence-electron chi connectivity index (χ4n) is 0.768. The van der Waals surface area contributed by atoms with E-state index in [0.29, 0.717) is 0 Å². The van der Waals surface area contributed by atoms with Crippen LogP contribution in [0.4, 0.5) is 0 Å². The lowest BCUT2D eigenvalue weighted by atomic mass is 10.3. The third-order valence-corrected chi connectivity index (χ3v) is 3.60. The molecule has 84 valence electrons. The van der Waals surface area contributed by atoms with Crippen LogP contribution in [-0.4, -0.2) is 42.5 Å². The van der Waals surface area contributed by atoms with Crippen molar-refractivity contribution in [3.8, 4) is 0 Å². The smallest absolute Gasteiger partial charge is 0.323 e. The number of hydrogen-bond donors (Lipinski definition) is 3. The van der Waals surface area contributed by atoms with Gasteiger partial charge >= 0.3 is 5.97 Å². The second kappa shape index (κ2) is 5.28. The van der Waals surface area contributed by atoms with Gasteiger partial charge in [-0.1, -0.05) is 0 Å². The molecule has 3 N–H and O–H groups in total. The first-order valence-electron chi connectivity index (χ1n) is 4.16. The van der Waals surface area contributed by atoms with Gasteiger partial charge in [0.1, 0.15) is 0 Å². The molecule has 0 aromatic heterocycles. The molecule has 7 heteroatoms. The minimum absolute atomic E-state index is 0.148. The summed E-state index contributed by atoms with van der Waals surface area (Å²) < 4.78 is 24.7. The molecule has 0 bridgehead atoms. The molecule has 0 radical (unpaired) electrons. The molecule has 0 aromatic rings. The highest BCUT2D eigenvalue weighted by molar-refractivity contribution is 7.90. The molecule has 6 nitrogen and oxygen atoms in total. The number of carboxylic acids is 1. The highest BCUT2D eigenvalue weighted by Gasteiger charge is 2.28. The summed E-state index contributed by atoms with van der Waals surface area (Å²) in [6, 6.07) is -0.466. The number of nitrogens with one attached hydrogen (secondary N) is 1. The predicted molar refractivity (Wildman–Crippen MR) is 50.3 cm³/mol. The summed E-state index contributed by atoms with van der Waals surface area (Å²) in [6.07, 6.45) is 0.256. The molecular formula is C7H15NO5S. The lowest BCUT2D eigenvalue weighted by Crippen LogP contribution is -2.42. The van der Waals surface area contributed by atoms with E-state index >= 15 is 0 Å². The Kier molecular flexibility index (Phi) is 5.03. The Labute approximate surface area is 83.0 Å². The maximum atomic E-state index is 11.3. The highest BCUT2D eigenvalue weighted by atomic mass is 32.2. The van der Waals surface area contributed by atoms with Crippen LogP contribution in [0.15, 0.2) is 0 Å². The first-order chi connectivity index (χ1) is 6.31. The monoisotopic (exact) mass is 225 g/mol. The molecule has 0 aliphatic rings. The Bertz CT molecular complexity index is 286. The van der Waals surface area contributed by atoms with Gasteiger partial charge in [0.25, 0.3) is 0 Å². The second-order valence-corrected chi connectivity index (χ2v) is 5.09. The van der Waals surface area contributed by atoms with Gasteiger partial charge in [-0.2, -0.15) is 0 Å². The van der Waals surface area contributed by atoms with Crippen molar-refractivity contribution >= 4 is 16.0 Å². The van der Waals surface area contributed by atoms with Gasteiger partial charge in [0.05, 0.1) is 0 Å². The topological polar surface area (TPSA) is 104 Å². The van der Waals surface area contributed by atoms with Crippen molar-refractivity contribution in [3.63, 3.8) is 0 Å². The average molecular weight is 225 g/mol. The Hall–Kier alpha value is -0.660. The second-order valence-electron chi connectivity index (χ2n) is 3.06. The van der Waals surface area contributed by atoms with Crippen molar-refractivity contribution in [3.05, 3.63) is 0 Å². The van der Waals surface area contributed by atoms with E-state index in [4.69, 9.17) is 10.2 Å². The van der Waals surface area contributed by atoms with Gasteiger partial charge in [0.2, 0.25) is 10.0 Å². The molecule has 2 unspecified atom stereocenters. The maximum absolute atomic E-state index is 11.3. The van der Waals surface area contributed by atoms with Crippen LogP contribution in [0, 0.1) is 0 Å². The van der Waals surface area contributed by atoms with Gasteiger partial charge in [-0.05, 0) is 20.3 Å². The van der Waals surface area contributed by atoms with Crippen LogP contribution in [0.2, 0.25) is 0 Å². The van der Waals surface area contributed by atoms with Crippen molar-refractivity contribution in [2.75, 3.05) is 6.61 Å². The zero-order valence-corrected chi connectivity index (χ0v) is 8.91. The largest absolute Gasteiger partial charge is 0.480 e. The van der Waals surface area contributed by atoms with E-state index in [1.165, 1.54) is 0 Å². The summed E-state index contributed by atoms with van der Waals surface area (Å²) in [5.74, 6) is -1.39. The Balaban J connectivity index is 4.42. The molecule has 0 heterocycles. The van der Waals surface area contributed by atoms with Crippen molar-refractivity contribution < 1.29 is 23.4 Å². The summed E-state index contributed by atoms with van der Waals surface area (Å²) in [6.45, 7) is 2.50. The minimum atomic E-state index is -3.84. The zero-order valence-electron chi connectivity index (χ0n) is 8.10. The van der Waals surface area contributed by atoms with Gasteiger partial charge in [0.15, 0.2) is 5.25 Å². The minimum Gasteiger partial charge on any atom is -0.480 e. The van der Waals surface area contributed by atoms with E-state index in [2.05, 4.69) is 4.72 Å². The van der Waals surface area contributed by atoms with Crippen molar-refractivity contribution in [2.45, 2.75) is 31.6 Å². The Morgan fingerprint density at radius 1 is 1.43 bits per heavy atom. The fraction of sp³-hybridized carbons (Fsp3) is 0.857. The number of rotatable bonds is 6. The Morgan fingerprint density at radius 3 is 2.29 bits per heavy atom. The molecule has 0 aliphatic heterocycles. The molecule has 0 aliphatic carbocycles. The molecule has 2 atom stereocenters. The summed E-state index contributed by atoms with van der Waals surface area (Å²) in [4.78, 5) is 10.4. The van der Waals surface area contributed by atoms with Gasteiger partial charge in [-0.15, -0.1) is 0 Å². The van der Waals surface area contributed by atoms with Gasteiger partial charge in [0, 0.05) is 12.6 Å². The van der Waals surface area contributed by atoms with Gasteiger partial charge < -0.3 is 10.2 Å². The third kappa shape index (κ3) is 4.03. The molecule has 0 spiro atoms. The molecule has 0 saturated carbocycles.